The first-order valence-corrected chi connectivity index (χ1v) is 12.2. The van der Waals surface area contributed by atoms with Gasteiger partial charge in [0.2, 0.25) is 5.91 Å². The molecule has 13 heteroatoms. The lowest BCUT2D eigenvalue weighted by atomic mass is 10.0. The molecule has 0 spiro atoms. The van der Waals surface area contributed by atoms with Crippen LogP contribution in [0.1, 0.15) is 38.7 Å². The molecule has 0 radical (unpaired) electrons. The van der Waals surface area contributed by atoms with Crippen LogP contribution in [-0.4, -0.2) is 55.3 Å². The van der Waals surface area contributed by atoms with E-state index in [1.54, 1.807) is 31.2 Å². The van der Waals surface area contributed by atoms with Crippen LogP contribution in [0.15, 0.2) is 48.5 Å². The Morgan fingerprint density at radius 1 is 1.11 bits per heavy atom. The average molecular weight is 543 g/mol. The second kappa shape index (κ2) is 12.1. The molecule has 3 rings (SSSR count). The van der Waals surface area contributed by atoms with Crippen LogP contribution in [0.25, 0.3) is 0 Å². The number of anilines is 3. The smallest absolute Gasteiger partial charge is 0.325 e. The lowest BCUT2D eigenvalue weighted by Gasteiger charge is -2.31. The molecule has 3 amide bonds. The summed E-state index contributed by atoms with van der Waals surface area (Å²) >= 11 is 0.622. The maximum absolute atomic E-state index is 14.3. The van der Waals surface area contributed by atoms with Gasteiger partial charge in [0.25, 0.3) is 11.8 Å². The maximum Gasteiger partial charge on any atom is 0.325 e. The highest BCUT2D eigenvalue weighted by Crippen LogP contribution is 2.34. The molecule has 200 valence electrons. The number of nitrogens with two attached hydrogens (primary N) is 2. The number of nitrogens with one attached hydrogen (secondary N) is 1. The minimum atomic E-state index is -1.38. The van der Waals surface area contributed by atoms with E-state index in [0.717, 1.165) is 16.7 Å². The van der Waals surface area contributed by atoms with Crippen molar-refractivity contribution in [3.05, 3.63) is 70.5 Å². The second-order valence-corrected chi connectivity index (χ2v) is 8.98. The second-order valence-electron chi connectivity index (χ2n) is 8.20. The molecule has 0 fully saturated rings. The van der Waals surface area contributed by atoms with Crippen LogP contribution in [0.2, 0.25) is 0 Å². The van der Waals surface area contributed by atoms with Gasteiger partial charge in [-0.15, -0.1) is 0 Å². The first-order chi connectivity index (χ1) is 18.0. The molecule has 2 aromatic carbocycles. The van der Waals surface area contributed by atoms with E-state index in [1.807, 2.05) is 19.0 Å². The highest BCUT2D eigenvalue weighted by Gasteiger charge is 2.36. The number of benzene rings is 2. The number of hydrogen-bond acceptors (Lipinski definition) is 9. The molecule has 1 atom stereocenters. The van der Waals surface area contributed by atoms with Gasteiger partial charge < -0.3 is 26.4 Å². The summed E-state index contributed by atoms with van der Waals surface area (Å²) in [6.45, 7) is 1.28. The van der Waals surface area contributed by atoms with Crippen LogP contribution in [0.4, 0.5) is 21.5 Å². The predicted octanol–water partition coefficient (Wildman–Crippen LogP) is 2.10. The molecule has 1 heterocycles. The fourth-order valence-corrected chi connectivity index (χ4v) is 4.33. The Labute approximate surface area is 222 Å². The molecule has 0 aliphatic heterocycles. The summed E-state index contributed by atoms with van der Waals surface area (Å²) in [6, 6.07) is 10.4. The molecule has 0 bridgehead atoms. The van der Waals surface area contributed by atoms with Gasteiger partial charge in [0.15, 0.2) is 5.69 Å². The predicted molar refractivity (Wildman–Crippen MR) is 141 cm³/mol. The van der Waals surface area contributed by atoms with Crippen molar-refractivity contribution in [2.75, 3.05) is 42.8 Å². The number of hydrogen-bond donors (Lipinski definition) is 3. The van der Waals surface area contributed by atoms with Crippen molar-refractivity contribution in [2.45, 2.75) is 13.0 Å². The van der Waals surface area contributed by atoms with Crippen molar-refractivity contribution in [3.63, 3.8) is 0 Å². The number of nitrogen functional groups attached to an aromatic ring is 1. The summed E-state index contributed by atoms with van der Waals surface area (Å²) < 4.78 is 23.1. The highest BCUT2D eigenvalue weighted by molar-refractivity contribution is 7.09. The molecule has 38 heavy (non-hydrogen) atoms. The number of primary amides is 1. The zero-order valence-electron chi connectivity index (χ0n) is 20.9. The van der Waals surface area contributed by atoms with Gasteiger partial charge >= 0.3 is 5.97 Å². The number of carbonyl (C=O) groups is 4. The molecule has 3 aromatic rings. The first-order valence-electron chi connectivity index (χ1n) is 11.4. The molecule has 0 aliphatic rings. The van der Waals surface area contributed by atoms with Gasteiger partial charge in [-0.25, -0.2) is 4.39 Å². The zero-order chi connectivity index (χ0) is 28.0. The Morgan fingerprint density at radius 3 is 2.34 bits per heavy atom. The standard InChI is InChI=1S/C25H27FN6O5S/c1-4-37-18(33)13-29-24(35)21(14-8-10-16(11-9-14)31(2)3)32(17-7-5-6-15(26)12-17)25(36)22-19(27)20(23(28)34)30-38-22/h5-12,21H,4,13,27H2,1-3H3,(H2,28,34)(H,29,35)/t21-/m0/s1. The van der Waals surface area contributed by atoms with Crippen LogP contribution < -0.4 is 26.6 Å². The molecule has 0 unspecified atom stereocenters. The third-order valence-corrected chi connectivity index (χ3v) is 6.26. The van der Waals surface area contributed by atoms with Gasteiger partial charge in [0, 0.05) is 25.5 Å². The molecule has 1 aromatic heterocycles. The average Bonchev–Trinajstić information content (AvgIpc) is 3.27. The first kappa shape index (κ1) is 28.1. The van der Waals surface area contributed by atoms with Gasteiger partial charge in [-0.3, -0.25) is 24.1 Å². The number of ether oxygens (including phenoxy) is 1. The van der Waals surface area contributed by atoms with Gasteiger partial charge in [0.05, 0.1) is 12.3 Å². The molecule has 0 aliphatic carbocycles. The van der Waals surface area contributed by atoms with E-state index in [0.29, 0.717) is 17.1 Å². The van der Waals surface area contributed by atoms with E-state index < -0.39 is 42.1 Å². The summed E-state index contributed by atoms with van der Waals surface area (Å²) in [5, 5.41) is 2.48. The van der Waals surface area contributed by atoms with Crippen molar-refractivity contribution in [1.29, 1.82) is 0 Å². The largest absolute Gasteiger partial charge is 0.465 e. The minimum Gasteiger partial charge on any atom is -0.465 e. The lowest BCUT2D eigenvalue weighted by Crippen LogP contribution is -2.45. The van der Waals surface area contributed by atoms with E-state index in [-0.39, 0.29) is 28.6 Å². The Bertz CT molecular complexity index is 1340. The van der Waals surface area contributed by atoms with E-state index in [4.69, 9.17) is 16.2 Å². The fourth-order valence-electron chi connectivity index (χ4n) is 3.59. The van der Waals surface area contributed by atoms with E-state index in [2.05, 4.69) is 9.69 Å². The summed E-state index contributed by atoms with van der Waals surface area (Å²) in [4.78, 5) is 53.8. The number of amides is 3. The van der Waals surface area contributed by atoms with Gasteiger partial charge in [-0.1, -0.05) is 18.2 Å². The quantitative estimate of drug-likeness (QED) is 0.328. The number of rotatable bonds is 10. The third-order valence-electron chi connectivity index (χ3n) is 5.40. The number of carbonyl (C=O) groups excluding carboxylic acids is 4. The lowest BCUT2D eigenvalue weighted by molar-refractivity contribution is -0.143. The summed E-state index contributed by atoms with van der Waals surface area (Å²) in [5.74, 6) is -3.84. The number of nitrogens with zero attached hydrogens (tertiary/aromatic N) is 3. The number of esters is 1. The molecule has 0 saturated heterocycles. The summed E-state index contributed by atoms with van der Waals surface area (Å²) in [6.07, 6.45) is 0. The molecular formula is C25H27FN6O5S. The zero-order valence-corrected chi connectivity index (χ0v) is 21.8. The van der Waals surface area contributed by atoms with Crippen molar-refractivity contribution >= 4 is 52.3 Å². The van der Waals surface area contributed by atoms with Crippen molar-refractivity contribution < 1.29 is 28.3 Å². The fraction of sp³-hybridized carbons (Fsp3) is 0.240. The Hall–Kier alpha value is -4.52. The van der Waals surface area contributed by atoms with Crippen molar-refractivity contribution in [1.82, 2.24) is 9.69 Å². The third kappa shape index (κ3) is 6.24. The van der Waals surface area contributed by atoms with E-state index >= 15 is 0 Å². The van der Waals surface area contributed by atoms with Crippen LogP contribution in [0.5, 0.6) is 0 Å². The maximum atomic E-state index is 14.3. The van der Waals surface area contributed by atoms with E-state index in [9.17, 15) is 23.6 Å². The number of halogens is 1. The minimum absolute atomic E-state index is 0.0244. The molecule has 11 nitrogen and oxygen atoms in total. The van der Waals surface area contributed by atoms with Gasteiger partial charge in [0.1, 0.15) is 23.3 Å². The molecule has 0 saturated carbocycles. The van der Waals surface area contributed by atoms with Gasteiger partial charge in [-0.05, 0) is 54.4 Å². The van der Waals surface area contributed by atoms with E-state index in [1.165, 1.54) is 18.2 Å². The summed E-state index contributed by atoms with van der Waals surface area (Å²) in [5.41, 5.74) is 12.0. The highest BCUT2D eigenvalue weighted by atomic mass is 32.1. The number of aromatic nitrogens is 1. The monoisotopic (exact) mass is 542 g/mol. The van der Waals surface area contributed by atoms with Crippen LogP contribution >= 0.6 is 11.5 Å². The topological polar surface area (TPSA) is 161 Å². The van der Waals surface area contributed by atoms with Crippen LogP contribution in [0.3, 0.4) is 0 Å². The normalized spacial score (nSPS) is 11.4. The Morgan fingerprint density at radius 2 is 1.79 bits per heavy atom. The Kier molecular flexibility index (Phi) is 8.97. The molecular weight excluding hydrogens is 515 g/mol. The van der Waals surface area contributed by atoms with Crippen molar-refractivity contribution in [2.24, 2.45) is 5.73 Å². The van der Waals surface area contributed by atoms with Crippen LogP contribution in [0, 0.1) is 5.82 Å². The van der Waals surface area contributed by atoms with Crippen molar-refractivity contribution in [3.8, 4) is 0 Å². The Balaban J connectivity index is 2.17. The molecule has 5 N–H and O–H groups in total. The van der Waals surface area contributed by atoms with Crippen LogP contribution in [-0.2, 0) is 14.3 Å². The summed E-state index contributed by atoms with van der Waals surface area (Å²) in [7, 11) is 3.67. The van der Waals surface area contributed by atoms with Gasteiger partial charge in [-0.2, -0.15) is 4.37 Å². The SMILES string of the molecule is CCOC(=O)CNC(=O)[C@H](c1ccc(N(C)C)cc1)N(C(=O)c1snc(C(N)=O)c1N)c1cccc(F)c1.